The Morgan fingerprint density at radius 2 is 2.20 bits per heavy atom. The Balaban J connectivity index is 2.12. The molecule has 1 saturated heterocycles. The van der Waals surface area contributed by atoms with Crippen LogP contribution >= 0.6 is 0 Å². The Morgan fingerprint density at radius 1 is 1.47 bits per heavy atom. The lowest BCUT2D eigenvalue weighted by Crippen LogP contribution is -2.39. The average Bonchev–Trinajstić information content (AvgIpc) is 2.68. The molecule has 1 aromatic rings. The molecule has 4 nitrogen and oxygen atoms in total. The van der Waals surface area contributed by atoms with Crippen molar-refractivity contribution in [3.05, 3.63) is 18.2 Å². The van der Waals surface area contributed by atoms with Gasteiger partial charge in [0.1, 0.15) is 5.82 Å². The van der Waals surface area contributed by atoms with E-state index < -0.39 is 0 Å². The molecule has 0 radical (unpaired) electrons. The molecule has 1 fully saturated rings. The molecule has 0 aliphatic carbocycles. The van der Waals surface area contributed by atoms with Gasteiger partial charge in [0.15, 0.2) is 0 Å². The molecule has 84 valence electrons. The van der Waals surface area contributed by atoms with Gasteiger partial charge in [0, 0.05) is 32.5 Å². The van der Waals surface area contributed by atoms with E-state index in [4.69, 9.17) is 4.74 Å². The predicted octanol–water partition coefficient (Wildman–Crippen LogP) is 1.20. The van der Waals surface area contributed by atoms with Gasteiger partial charge in [-0.2, -0.15) is 0 Å². The number of nitrogens with zero attached hydrogens (tertiary/aromatic N) is 3. The molecular formula is C11H19N3O. The fourth-order valence-electron chi connectivity index (χ4n) is 2.19. The first kappa shape index (κ1) is 10.6. The van der Waals surface area contributed by atoms with Crippen LogP contribution in [0.25, 0.3) is 0 Å². The van der Waals surface area contributed by atoms with Crippen molar-refractivity contribution in [2.24, 2.45) is 7.05 Å². The van der Waals surface area contributed by atoms with Crippen molar-refractivity contribution < 1.29 is 4.74 Å². The molecule has 0 amide bonds. The third-order valence-electron chi connectivity index (χ3n) is 3.03. The second-order valence-corrected chi connectivity index (χ2v) is 3.97. The molecule has 15 heavy (non-hydrogen) atoms. The predicted molar refractivity (Wildman–Crippen MR) is 58.6 cm³/mol. The molecule has 1 unspecified atom stereocenters. The van der Waals surface area contributed by atoms with E-state index in [0.29, 0.717) is 6.04 Å². The number of morpholine rings is 1. The maximum atomic E-state index is 5.37. The normalized spacial score (nSPS) is 20.4. The van der Waals surface area contributed by atoms with Crippen LogP contribution in [0.4, 0.5) is 0 Å². The zero-order valence-electron chi connectivity index (χ0n) is 9.52. The Bertz CT molecular complexity index is 305. The summed E-state index contributed by atoms with van der Waals surface area (Å²) in [6.07, 6.45) is 4.99. The topological polar surface area (TPSA) is 30.3 Å². The third-order valence-corrected chi connectivity index (χ3v) is 3.03. The van der Waals surface area contributed by atoms with Crippen LogP contribution in [0.5, 0.6) is 0 Å². The van der Waals surface area contributed by atoms with E-state index >= 15 is 0 Å². The van der Waals surface area contributed by atoms with Gasteiger partial charge in [-0.1, -0.05) is 6.92 Å². The summed E-state index contributed by atoms with van der Waals surface area (Å²) < 4.78 is 7.49. The van der Waals surface area contributed by atoms with Crippen LogP contribution in [0, 0.1) is 0 Å². The minimum atomic E-state index is 0.439. The van der Waals surface area contributed by atoms with E-state index in [-0.39, 0.29) is 0 Å². The second kappa shape index (κ2) is 4.77. The monoisotopic (exact) mass is 209 g/mol. The molecule has 1 aliphatic heterocycles. The maximum Gasteiger partial charge on any atom is 0.125 e. The zero-order chi connectivity index (χ0) is 10.7. The molecule has 1 aliphatic rings. The fraction of sp³-hybridized carbons (Fsp3) is 0.727. The third kappa shape index (κ3) is 2.21. The van der Waals surface area contributed by atoms with Gasteiger partial charge in [-0.05, 0) is 6.42 Å². The first-order valence-electron chi connectivity index (χ1n) is 5.62. The van der Waals surface area contributed by atoms with E-state index in [2.05, 4.69) is 28.4 Å². The summed E-state index contributed by atoms with van der Waals surface area (Å²) in [5.74, 6) is 1.17. The van der Waals surface area contributed by atoms with E-state index in [1.54, 1.807) is 0 Å². The minimum Gasteiger partial charge on any atom is -0.379 e. The van der Waals surface area contributed by atoms with Crippen molar-refractivity contribution in [1.29, 1.82) is 0 Å². The Morgan fingerprint density at radius 3 is 2.73 bits per heavy atom. The number of hydrogen-bond donors (Lipinski definition) is 0. The van der Waals surface area contributed by atoms with Crippen molar-refractivity contribution in [2.45, 2.75) is 19.4 Å². The number of imidazole rings is 1. The van der Waals surface area contributed by atoms with Crippen LogP contribution in [-0.2, 0) is 11.8 Å². The van der Waals surface area contributed by atoms with Crippen molar-refractivity contribution in [2.75, 3.05) is 26.3 Å². The summed E-state index contributed by atoms with van der Waals surface area (Å²) in [5.41, 5.74) is 0. The smallest absolute Gasteiger partial charge is 0.125 e. The summed E-state index contributed by atoms with van der Waals surface area (Å²) in [7, 11) is 2.06. The van der Waals surface area contributed by atoms with Crippen molar-refractivity contribution in [1.82, 2.24) is 14.5 Å². The number of ether oxygens (including phenoxy) is 1. The van der Waals surface area contributed by atoms with Gasteiger partial charge in [-0.25, -0.2) is 4.98 Å². The summed E-state index contributed by atoms with van der Waals surface area (Å²) >= 11 is 0. The fourth-order valence-corrected chi connectivity index (χ4v) is 2.19. The van der Waals surface area contributed by atoms with E-state index in [1.807, 2.05) is 12.4 Å². The number of rotatable bonds is 3. The Labute approximate surface area is 90.9 Å². The molecule has 0 N–H and O–H groups in total. The number of aromatic nitrogens is 2. The van der Waals surface area contributed by atoms with Gasteiger partial charge >= 0.3 is 0 Å². The van der Waals surface area contributed by atoms with Crippen LogP contribution < -0.4 is 0 Å². The first-order chi connectivity index (χ1) is 7.33. The van der Waals surface area contributed by atoms with Crippen molar-refractivity contribution in [3.63, 3.8) is 0 Å². The minimum absolute atomic E-state index is 0.439. The molecule has 2 rings (SSSR count). The Hall–Kier alpha value is -0.870. The van der Waals surface area contributed by atoms with Crippen molar-refractivity contribution in [3.8, 4) is 0 Å². The van der Waals surface area contributed by atoms with Gasteiger partial charge in [-0.15, -0.1) is 0 Å². The van der Waals surface area contributed by atoms with E-state index in [1.165, 1.54) is 5.82 Å². The zero-order valence-corrected chi connectivity index (χ0v) is 9.52. The molecule has 1 aromatic heterocycles. The molecule has 2 heterocycles. The highest BCUT2D eigenvalue weighted by Gasteiger charge is 2.23. The quantitative estimate of drug-likeness (QED) is 0.749. The van der Waals surface area contributed by atoms with Gasteiger partial charge in [0.25, 0.3) is 0 Å². The lowest BCUT2D eigenvalue weighted by Gasteiger charge is -2.33. The summed E-state index contributed by atoms with van der Waals surface area (Å²) in [4.78, 5) is 6.91. The molecule has 0 aromatic carbocycles. The van der Waals surface area contributed by atoms with Crippen molar-refractivity contribution >= 4 is 0 Å². The molecule has 4 heteroatoms. The molecule has 0 spiro atoms. The molecule has 0 bridgehead atoms. The van der Waals surface area contributed by atoms with Crippen LogP contribution in [0.1, 0.15) is 25.2 Å². The lowest BCUT2D eigenvalue weighted by atomic mass is 10.1. The SMILES string of the molecule is CCC(c1nccn1C)N1CCOCC1. The van der Waals surface area contributed by atoms with Crippen LogP contribution in [0.2, 0.25) is 0 Å². The number of hydrogen-bond acceptors (Lipinski definition) is 3. The standard InChI is InChI=1S/C11H19N3O/c1-3-10(11-12-4-5-13(11)2)14-6-8-15-9-7-14/h4-5,10H,3,6-9H2,1-2H3. The van der Waals surface area contributed by atoms with Gasteiger partial charge in [-0.3, -0.25) is 4.90 Å². The summed E-state index contributed by atoms with van der Waals surface area (Å²) in [5, 5.41) is 0. The summed E-state index contributed by atoms with van der Waals surface area (Å²) in [6, 6.07) is 0.439. The highest BCUT2D eigenvalue weighted by molar-refractivity contribution is 4.99. The molecule has 1 atom stereocenters. The lowest BCUT2D eigenvalue weighted by molar-refractivity contribution is 0.0128. The number of aryl methyl sites for hydroxylation is 1. The maximum absolute atomic E-state index is 5.37. The van der Waals surface area contributed by atoms with Crippen LogP contribution in [-0.4, -0.2) is 40.8 Å². The van der Waals surface area contributed by atoms with Gasteiger partial charge in [0.05, 0.1) is 19.3 Å². The average molecular weight is 209 g/mol. The second-order valence-electron chi connectivity index (χ2n) is 3.97. The molecule has 0 saturated carbocycles. The van der Waals surface area contributed by atoms with Crippen LogP contribution in [0.3, 0.4) is 0 Å². The molecular weight excluding hydrogens is 190 g/mol. The van der Waals surface area contributed by atoms with Gasteiger partial charge < -0.3 is 9.30 Å². The van der Waals surface area contributed by atoms with Crippen LogP contribution in [0.15, 0.2) is 12.4 Å². The Kier molecular flexibility index (Phi) is 3.38. The van der Waals surface area contributed by atoms with E-state index in [9.17, 15) is 0 Å². The highest BCUT2D eigenvalue weighted by Crippen LogP contribution is 2.22. The highest BCUT2D eigenvalue weighted by atomic mass is 16.5. The van der Waals surface area contributed by atoms with Gasteiger partial charge in [0.2, 0.25) is 0 Å². The summed E-state index contributed by atoms with van der Waals surface area (Å²) in [6.45, 7) is 5.95. The van der Waals surface area contributed by atoms with E-state index in [0.717, 1.165) is 32.7 Å². The first-order valence-corrected chi connectivity index (χ1v) is 5.62. The largest absolute Gasteiger partial charge is 0.379 e.